The third kappa shape index (κ3) is 5.82. The number of hydrogen-bond acceptors (Lipinski definition) is 6. The van der Waals surface area contributed by atoms with E-state index < -0.39 is 40.9 Å². The van der Waals surface area contributed by atoms with Crippen molar-refractivity contribution in [2.45, 2.75) is 87.7 Å². The van der Waals surface area contributed by atoms with E-state index in [9.17, 15) is 14.7 Å². The predicted octanol–water partition coefficient (Wildman–Crippen LogP) is 3.18. The molecule has 2 aliphatic heterocycles. The molecule has 3 amide bonds. The van der Waals surface area contributed by atoms with Crippen molar-refractivity contribution in [3.63, 3.8) is 0 Å². The number of hydrogen-bond donors (Lipinski definition) is 2. The lowest BCUT2D eigenvalue weighted by molar-refractivity contribution is -0.159. The summed E-state index contributed by atoms with van der Waals surface area (Å²) in [5, 5.41) is 15.5. The van der Waals surface area contributed by atoms with Crippen LogP contribution in [0.5, 0.6) is 0 Å². The molecule has 2 rings (SSSR count). The molecule has 0 aromatic carbocycles. The van der Waals surface area contributed by atoms with Gasteiger partial charge in [-0.05, 0) is 18.9 Å². The van der Waals surface area contributed by atoms with Crippen LogP contribution in [0.25, 0.3) is 10.4 Å². The van der Waals surface area contributed by atoms with Gasteiger partial charge < -0.3 is 14.6 Å². The second-order valence-corrected chi connectivity index (χ2v) is 9.20. The van der Waals surface area contributed by atoms with E-state index in [1.807, 2.05) is 0 Å². The van der Waals surface area contributed by atoms with Crippen molar-refractivity contribution in [3.05, 3.63) is 10.4 Å². The smallest absolute Gasteiger partial charge is 0.328 e. The van der Waals surface area contributed by atoms with Crippen LogP contribution in [0.1, 0.15) is 58.8 Å². The summed E-state index contributed by atoms with van der Waals surface area (Å²) in [6, 6.07) is -1.25. The SMILES string of the molecule is CCCCCCCCOC1N(C2CC(N=[N+]=[N-])C(CO)O2)C(=O)NC(=O)C1(C)Br. The summed E-state index contributed by atoms with van der Waals surface area (Å²) in [4.78, 5) is 29.1. The van der Waals surface area contributed by atoms with Crippen molar-refractivity contribution in [1.82, 2.24) is 10.2 Å². The van der Waals surface area contributed by atoms with E-state index in [1.54, 1.807) is 6.92 Å². The van der Waals surface area contributed by atoms with Gasteiger partial charge in [0.25, 0.3) is 0 Å². The Hall–Kier alpha value is -1.39. The van der Waals surface area contributed by atoms with Gasteiger partial charge in [0.05, 0.1) is 18.8 Å². The van der Waals surface area contributed by atoms with E-state index in [4.69, 9.17) is 15.0 Å². The fourth-order valence-corrected chi connectivity index (χ4v) is 4.05. The van der Waals surface area contributed by atoms with E-state index >= 15 is 0 Å². The number of carbonyl (C=O) groups is 2. The number of urea groups is 1. The van der Waals surface area contributed by atoms with E-state index in [2.05, 4.69) is 38.2 Å². The van der Waals surface area contributed by atoms with Gasteiger partial charge in [0, 0.05) is 17.9 Å². The zero-order valence-corrected chi connectivity index (χ0v) is 18.5. The largest absolute Gasteiger partial charge is 0.394 e. The lowest BCUT2D eigenvalue weighted by Crippen LogP contribution is -2.69. The minimum absolute atomic E-state index is 0.205. The maximum absolute atomic E-state index is 12.6. The molecule has 11 heteroatoms. The van der Waals surface area contributed by atoms with Crippen LogP contribution >= 0.6 is 15.9 Å². The number of azide groups is 1. The molecule has 2 aliphatic rings. The van der Waals surface area contributed by atoms with Crippen LogP contribution in [0.4, 0.5) is 4.79 Å². The third-order valence-corrected chi connectivity index (χ3v) is 6.04. The Bertz CT molecular complexity index is 628. The monoisotopic (exact) mass is 475 g/mol. The number of imide groups is 1. The molecule has 10 nitrogen and oxygen atoms in total. The first-order valence-electron chi connectivity index (χ1n) is 10.1. The van der Waals surface area contributed by atoms with Gasteiger partial charge in [-0.2, -0.15) is 0 Å². The second-order valence-electron chi connectivity index (χ2n) is 7.55. The van der Waals surface area contributed by atoms with Gasteiger partial charge in [0.1, 0.15) is 10.6 Å². The topological polar surface area (TPSA) is 137 Å². The number of nitrogens with zero attached hydrogens (tertiary/aromatic N) is 4. The first-order chi connectivity index (χ1) is 13.9. The van der Waals surface area contributed by atoms with Gasteiger partial charge >= 0.3 is 6.03 Å². The van der Waals surface area contributed by atoms with Crippen molar-refractivity contribution in [3.8, 4) is 0 Å². The molecular weight excluding hydrogens is 446 g/mol. The normalized spacial score (nSPS) is 32.2. The van der Waals surface area contributed by atoms with Crippen LogP contribution in [0, 0.1) is 0 Å². The van der Waals surface area contributed by atoms with Crippen LogP contribution in [-0.2, 0) is 14.3 Å². The van der Waals surface area contributed by atoms with Crippen molar-refractivity contribution in [2.24, 2.45) is 5.11 Å². The number of rotatable bonds is 11. The first-order valence-corrected chi connectivity index (χ1v) is 10.9. The minimum atomic E-state index is -1.17. The third-order valence-electron chi connectivity index (χ3n) is 5.28. The number of carbonyl (C=O) groups excluding carboxylic acids is 2. The van der Waals surface area contributed by atoms with Crippen molar-refractivity contribution in [1.29, 1.82) is 0 Å². The predicted molar refractivity (Wildman–Crippen MR) is 109 cm³/mol. The number of nitrogens with one attached hydrogen (secondary N) is 1. The molecule has 0 aromatic heterocycles. The molecule has 5 unspecified atom stereocenters. The Balaban J connectivity index is 2.07. The quantitative estimate of drug-likeness (QED) is 0.155. The highest BCUT2D eigenvalue weighted by atomic mass is 79.9. The number of halogens is 1. The highest BCUT2D eigenvalue weighted by Crippen LogP contribution is 2.36. The van der Waals surface area contributed by atoms with Gasteiger partial charge in [-0.15, -0.1) is 0 Å². The Kier molecular flexibility index (Phi) is 9.16. The van der Waals surface area contributed by atoms with Crippen molar-refractivity contribution in [2.75, 3.05) is 13.2 Å². The average molecular weight is 476 g/mol. The lowest BCUT2D eigenvalue weighted by atomic mass is 10.0. The maximum atomic E-state index is 12.6. The summed E-state index contributed by atoms with van der Waals surface area (Å²) in [5.74, 6) is -0.491. The molecule has 0 radical (unpaired) electrons. The zero-order chi connectivity index (χ0) is 21.4. The van der Waals surface area contributed by atoms with Crippen LogP contribution in [-0.4, -0.2) is 64.1 Å². The summed E-state index contributed by atoms with van der Waals surface area (Å²) >= 11 is 3.40. The summed E-state index contributed by atoms with van der Waals surface area (Å²) in [6.45, 7) is 3.85. The maximum Gasteiger partial charge on any atom is 0.328 e. The number of aliphatic hydroxyl groups is 1. The molecule has 2 N–H and O–H groups in total. The van der Waals surface area contributed by atoms with Gasteiger partial charge in [0.15, 0.2) is 6.23 Å². The van der Waals surface area contributed by atoms with Gasteiger partial charge in [-0.3, -0.25) is 15.0 Å². The van der Waals surface area contributed by atoms with Crippen LogP contribution in [0.2, 0.25) is 0 Å². The fourth-order valence-electron chi connectivity index (χ4n) is 3.60. The Morgan fingerprint density at radius 1 is 1.38 bits per heavy atom. The number of unbranched alkanes of at least 4 members (excludes halogenated alkanes) is 5. The highest BCUT2D eigenvalue weighted by molar-refractivity contribution is 9.10. The second kappa shape index (κ2) is 11.1. The molecule has 2 saturated heterocycles. The minimum Gasteiger partial charge on any atom is -0.394 e. The molecular formula is C18H30BrN5O5. The summed E-state index contributed by atoms with van der Waals surface area (Å²) in [6.07, 6.45) is 4.32. The standard InChI is InChI=1S/C18H30BrN5O5/c1-3-4-5-6-7-8-9-28-16-18(2,19)15(26)21-17(27)24(16)14-10-12(22-23-20)13(11-25)29-14/h12-14,16,25H,3-11H2,1-2H3,(H,21,26,27). The molecule has 0 aromatic rings. The van der Waals surface area contributed by atoms with E-state index in [0.29, 0.717) is 6.61 Å². The Morgan fingerprint density at radius 2 is 2.07 bits per heavy atom. The molecule has 5 atom stereocenters. The molecule has 164 valence electrons. The van der Waals surface area contributed by atoms with Gasteiger partial charge in [0.2, 0.25) is 5.91 Å². The number of alkyl halides is 1. The number of amides is 3. The molecule has 2 fully saturated rings. The van der Waals surface area contributed by atoms with E-state index in [1.165, 1.54) is 24.2 Å². The molecule has 0 aliphatic carbocycles. The van der Waals surface area contributed by atoms with Gasteiger partial charge in [-0.25, -0.2) is 4.79 Å². The average Bonchev–Trinajstić information content (AvgIpc) is 3.07. The summed E-state index contributed by atoms with van der Waals surface area (Å²) in [7, 11) is 0. The molecule has 0 spiro atoms. The number of aliphatic hydroxyl groups excluding tert-OH is 1. The van der Waals surface area contributed by atoms with Crippen LogP contribution in [0.3, 0.4) is 0 Å². The van der Waals surface area contributed by atoms with Crippen molar-refractivity contribution >= 4 is 27.9 Å². The summed E-state index contributed by atoms with van der Waals surface area (Å²) < 4.78 is 10.6. The van der Waals surface area contributed by atoms with Crippen LogP contribution < -0.4 is 5.32 Å². The zero-order valence-electron chi connectivity index (χ0n) is 16.9. The Labute approximate surface area is 179 Å². The molecule has 0 bridgehead atoms. The molecule has 0 saturated carbocycles. The van der Waals surface area contributed by atoms with E-state index in [-0.39, 0.29) is 13.0 Å². The number of ether oxygens (including phenoxy) is 2. The fraction of sp³-hybridized carbons (Fsp3) is 0.889. The highest BCUT2D eigenvalue weighted by Gasteiger charge is 2.54. The first kappa shape index (κ1) is 23.9. The van der Waals surface area contributed by atoms with E-state index in [0.717, 1.165) is 19.3 Å². The molecule has 29 heavy (non-hydrogen) atoms. The Morgan fingerprint density at radius 3 is 2.72 bits per heavy atom. The summed E-state index contributed by atoms with van der Waals surface area (Å²) in [5.41, 5.74) is 8.73. The van der Waals surface area contributed by atoms with Gasteiger partial charge in [-0.1, -0.05) is 60.1 Å². The van der Waals surface area contributed by atoms with Crippen LogP contribution in [0.15, 0.2) is 5.11 Å². The molecule has 2 heterocycles. The lowest BCUT2D eigenvalue weighted by Gasteiger charge is -2.45. The van der Waals surface area contributed by atoms with Crippen molar-refractivity contribution < 1.29 is 24.2 Å².